The van der Waals surface area contributed by atoms with Crippen LogP contribution in [0, 0.1) is 0 Å². The van der Waals surface area contributed by atoms with E-state index < -0.39 is 0 Å². The first-order chi connectivity index (χ1) is 16.5. The van der Waals surface area contributed by atoms with Crippen molar-refractivity contribution in [2.24, 2.45) is 0 Å². The molecule has 0 radical (unpaired) electrons. The number of methoxy groups -OCH3 is 2. The molecule has 1 amide bonds. The predicted molar refractivity (Wildman–Crippen MR) is 132 cm³/mol. The zero-order chi connectivity index (χ0) is 24.1. The SMILES string of the molecule is COc1cc2nc(SCC(=O)NC[C@@H]3CCCO3)n(Cc3ccc(Cl)cc3)c(=O)c2cc1OC. The van der Waals surface area contributed by atoms with E-state index in [0.29, 0.717) is 39.1 Å². The summed E-state index contributed by atoms with van der Waals surface area (Å²) in [6.45, 7) is 1.51. The second-order valence-electron chi connectivity index (χ2n) is 7.86. The number of halogens is 1. The van der Waals surface area contributed by atoms with Crippen molar-refractivity contribution in [1.82, 2.24) is 14.9 Å². The van der Waals surface area contributed by atoms with Crippen LogP contribution in [0.15, 0.2) is 46.3 Å². The Balaban J connectivity index is 1.64. The Labute approximate surface area is 206 Å². The molecule has 1 aromatic heterocycles. The molecule has 180 valence electrons. The molecule has 0 unspecified atom stereocenters. The van der Waals surface area contributed by atoms with Gasteiger partial charge in [-0.1, -0.05) is 35.5 Å². The van der Waals surface area contributed by atoms with Crippen LogP contribution in [-0.2, 0) is 16.1 Å². The van der Waals surface area contributed by atoms with E-state index in [0.717, 1.165) is 25.0 Å². The van der Waals surface area contributed by atoms with Gasteiger partial charge in [-0.15, -0.1) is 0 Å². The highest BCUT2D eigenvalue weighted by molar-refractivity contribution is 7.99. The molecule has 10 heteroatoms. The third-order valence-corrected chi connectivity index (χ3v) is 6.79. The topological polar surface area (TPSA) is 91.7 Å². The second kappa shape index (κ2) is 11.1. The number of benzene rings is 2. The number of hydrogen-bond acceptors (Lipinski definition) is 7. The van der Waals surface area contributed by atoms with Crippen molar-refractivity contribution >= 4 is 40.2 Å². The maximum absolute atomic E-state index is 13.5. The van der Waals surface area contributed by atoms with Crippen molar-refractivity contribution in [3.8, 4) is 11.5 Å². The van der Waals surface area contributed by atoms with Gasteiger partial charge in [-0.25, -0.2) is 4.98 Å². The summed E-state index contributed by atoms with van der Waals surface area (Å²) in [5, 5.41) is 4.36. The molecule has 8 nitrogen and oxygen atoms in total. The Kier molecular flexibility index (Phi) is 7.97. The molecule has 1 saturated heterocycles. The summed E-state index contributed by atoms with van der Waals surface area (Å²) in [6.07, 6.45) is 2.03. The molecule has 4 rings (SSSR count). The van der Waals surface area contributed by atoms with Gasteiger partial charge in [-0.3, -0.25) is 14.2 Å². The second-order valence-corrected chi connectivity index (χ2v) is 9.24. The van der Waals surface area contributed by atoms with Gasteiger partial charge >= 0.3 is 0 Å². The summed E-state index contributed by atoms with van der Waals surface area (Å²) in [5.74, 6) is 0.905. The molecule has 1 atom stereocenters. The van der Waals surface area contributed by atoms with Crippen molar-refractivity contribution in [3.63, 3.8) is 0 Å². The number of amides is 1. The fourth-order valence-corrected chi connectivity index (χ4v) is 4.72. The number of fused-ring (bicyclic) bond motifs is 1. The highest BCUT2D eigenvalue weighted by Crippen LogP contribution is 2.31. The first-order valence-corrected chi connectivity index (χ1v) is 12.3. The van der Waals surface area contributed by atoms with Gasteiger partial charge in [0.15, 0.2) is 16.7 Å². The number of nitrogens with zero attached hydrogens (tertiary/aromatic N) is 2. The maximum atomic E-state index is 13.5. The zero-order valence-corrected chi connectivity index (χ0v) is 20.6. The molecule has 2 heterocycles. The molecule has 0 saturated carbocycles. The Bertz CT molecular complexity index is 1230. The van der Waals surface area contributed by atoms with Crippen LogP contribution < -0.4 is 20.3 Å². The van der Waals surface area contributed by atoms with Crippen molar-refractivity contribution in [2.45, 2.75) is 30.6 Å². The largest absolute Gasteiger partial charge is 0.493 e. The smallest absolute Gasteiger partial charge is 0.262 e. The Morgan fingerprint density at radius 2 is 1.97 bits per heavy atom. The molecule has 1 aliphatic heterocycles. The molecule has 2 aromatic carbocycles. The van der Waals surface area contributed by atoms with Gasteiger partial charge in [0.05, 0.1) is 43.5 Å². The molecular formula is C24H26ClN3O5S. The number of aromatic nitrogens is 2. The number of carbonyl (C=O) groups excluding carboxylic acids is 1. The van der Waals surface area contributed by atoms with Gasteiger partial charge < -0.3 is 19.5 Å². The molecular weight excluding hydrogens is 478 g/mol. The van der Waals surface area contributed by atoms with Crippen molar-refractivity contribution in [1.29, 1.82) is 0 Å². The summed E-state index contributed by atoms with van der Waals surface area (Å²) in [7, 11) is 3.04. The van der Waals surface area contributed by atoms with Gasteiger partial charge in [0, 0.05) is 24.2 Å². The van der Waals surface area contributed by atoms with Gasteiger partial charge in [0.1, 0.15) is 0 Å². The monoisotopic (exact) mass is 503 g/mol. The van der Waals surface area contributed by atoms with Crippen molar-refractivity contribution < 1.29 is 19.0 Å². The van der Waals surface area contributed by atoms with E-state index in [4.69, 9.17) is 30.8 Å². The molecule has 1 aliphatic rings. The molecule has 0 aliphatic carbocycles. The lowest BCUT2D eigenvalue weighted by Crippen LogP contribution is -2.33. The van der Waals surface area contributed by atoms with E-state index in [2.05, 4.69) is 5.32 Å². The van der Waals surface area contributed by atoms with Gasteiger partial charge in [0.2, 0.25) is 5.91 Å². The van der Waals surface area contributed by atoms with E-state index in [1.54, 1.807) is 28.8 Å². The minimum absolute atomic E-state index is 0.0678. The van der Waals surface area contributed by atoms with E-state index in [1.807, 2.05) is 12.1 Å². The molecule has 3 aromatic rings. The summed E-state index contributed by atoms with van der Waals surface area (Å²) in [4.78, 5) is 30.7. The summed E-state index contributed by atoms with van der Waals surface area (Å²) < 4.78 is 17.9. The molecule has 0 bridgehead atoms. The lowest BCUT2D eigenvalue weighted by Gasteiger charge is -2.15. The average Bonchev–Trinajstić information content (AvgIpc) is 3.37. The number of rotatable bonds is 9. The van der Waals surface area contributed by atoms with E-state index in [1.165, 1.54) is 26.0 Å². The number of carbonyl (C=O) groups is 1. The van der Waals surface area contributed by atoms with Crippen LogP contribution in [0.3, 0.4) is 0 Å². The zero-order valence-electron chi connectivity index (χ0n) is 19.0. The van der Waals surface area contributed by atoms with E-state index >= 15 is 0 Å². The number of ether oxygens (including phenoxy) is 3. The fraction of sp³-hybridized carbons (Fsp3) is 0.375. The van der Waals surface area contributed by atoms with Crippen LogP contribution in [0.5, 0.6) is 11.5 Å². The minimum Gasteiger partial charge on any atom is -0.493 e. The van der Waals surface area contributed by atoms with Crippen LogP contribution in [0.4, 0.5) is 0 Å². The molecule has 0 spiro atoms. The van der Waals surface area contributed by atoms with Crippen molar-refractivity contribution in [3.05, 3.63) is 57.3 Å². The Hall–Kier alpha value is -2.75. The van der Waals surface area contributed by atoms with Gasteiger partial charge in [-0.05, 0) is 36.6 Å². The van der Waals surface area contributed by atoms with E-state index in [-0.39, 0.29) is 29.9 Å². The summed E-state index contributed by atoms with van der Waals surface area (Å²) in [5.41, 5.74) is 1.12. The summed E-state index contributed by atoms with van der Waals surface area (Å²) >= 11 is 7.23. The third kappa shape index (κ3) is 5.65. The quantitative estimate of drug-likeness (QED) is 0.353. The van der Waals surface area contributed by atoms with Crippen molar-refractivity contribution in [2.75, 3.05) is 33.1 Å². The molecule has 34 heavy (non-hydrogen) atoms. The average molecular weight is 504 g/mol. The Morgan fingerprint density at radius 3 is 2.65 bits per heavy atom. The number of thioether (sulfide) groups is 1. The lowest BCUT2D eigenvalue weighted by atomic mass is 10.2. The standard InChI is InChI=1S/C24H26ClN3O5S/c1-31-20-10-18-19(11-21(20)32-2)27-24(34-14-22(29)26-12-17-4-3-9-33-17)28(23(18)30)13-15-5-7-16(25)8-6-15/h5-8,10-11,17H,3-4,9,12-14H2,1-2H3,(H,26,29)/t17-/m0/s1. The van der Waals surface area contributed by atoms with Crippen LogP contribution in [0.2, 0.25) is 5.02 Å². The third-order valence-electron chi connectivity index (χ3n) is 5.56. The first kappa shape index (κ1) is 24.4. The van der Waals surface area contributed by atoms with Crippen LogP contribution in [0.1, 0.15) is 18.4 Å². The Morgan fingerprint density at radius 1 is 1.24 bits per heavy atom. The number of nitrogens with one attached hydrogen (secondary N) is 1. The predicted octanol–water partition coefficient (Wildman–Crippen LogP) is 3.50. The lowest BCUT2D eigenvalue weighted by molar-refractivity contribution is -0.119. The van der Waals surface area contributed by atoms with Crippen LogP contribution in [0.25, 0.3) is 10.9 Å². The highest BCUT2D eigenvalue weighted by atomic mass is 35.5. The summed E-state index contributed by atoms with van der Waals surface area (Å²) in [6, 6.07) is 10.6. The molecule has 1 N–H and O–H groups in total. The fourth-order valence-electron chi connectivity index (χ4n) is 3.76. The highest BCUT2D eigenvalue weighted by Gasteiger charge is 2.19. The van der Waals surface area contributed by atoms with Gasteiger partial charge in [-0.2, -0.15) is 0 Å². The maximum Gasteiger partial charge on any atom is 0.262 e. The number of hydrogen-bond donors (Lipinski definition) is 1. The minimum atomic E-state index is -0.233. The normalized spacial score (nSPS) is 15.4. The molecule has 1 fully saturated rings. The van der Waals surface area contributed by atoms with E-state index in [9.17, 15) is 9.59 Å². The van der Waals surface area contributed by atoms with Crippen LogP contribution >= 0.6 is 23.4 Å². The van der Waals surface area contributed by atoms with Crippen LogP contribution in [-0.4, -0.2) is 54.7 Å². The first-order valence-electron chi connectivity index (χ1n) is 10.9. The van der Waals surface area contributed by atoms with Gasteiger partial charge in [0.25, 0.3) is 5.56 Å².